The first-order valence-electron chi connectivity index (χ1n) is 3.83. The van der Waals surface area contributed by atoms with Crippen molar-refractivity contribution in [2.75, 3.05) is 0 Å². The van der Waals surface area contributed by atoms with Crippen molar-refractivity contribution in [3.63, 3.8) is 0 Å². The van der Waals surface area contributed by atoms with Gasteiger partial charge in [-0.15, -0.1) is 0 Å². The molecule has 2 heterocycles. The van der Waals surface area contributed by atoms with Crippen molar-refractivity contribution in [3.05, 3.63) is 55.1 Å². The maximum atomic E-state index is 3.96. The molecule has 2 heteroatoms. The molecular weight excluding hydrogens is 148 g/mol. The van der Waals surface area contributed by atoms with Crippen molar-refractivity contribution in [3.8, 4) is 5.69 Å². The minimum atomic E-state index is 1.13. The predicted octanol–water partition coefficient (Wildman–Crippen LogP) is 1.36. The largest absolute Gasteiger partial charge is 0.264 e. The van der Waals surface area contributed by atoms with Crippen LogP contribution in [0, 0.1) is 0 Å². The second-order valence-corrected chi connectivity index (χ2v) is 2.49. The average molecular weight is 157 g/mol. The Kier molecular flexibility index (Phi) is 1.82. The van der Waals surface area contributed by atoms with Gasteiger partial charge in [-0.25, -0.2) is 0 Å². The summed E-state index contributed by atoms with van der Waals surface area (Å²) in [4.78, 5) is 3.96. The quantitative estimate of drug-likeness (QED) is 0.571. The van der Waals surface area contributed by atoms with Crippen LogP contribution in [0.15, 0.2) is 55.1 Å². The molecular formula is C10H9N2+. The highest BCUT2D eigenvalue weighted by Crippen LogP contribution is 1.93. The maximum Gasteiger partial charge on any atom is 0.213 e. The highest BCUT2D eigenvalue weighted by atomic mass is 14.9. The fourth-order valence-electron chi connectivity index (χ4n) is 1.09. The lowest BCUT2D eigenvalue weighted by molar-refractivity contribution is -0.595. The molecule has 2 aromatic rings. The Morgan fingerprint density at radius 2 is 1.58 bits per heavy atom. The molecule has 12 heavy (non-hydrogen) atoms. The van der Waals surface area contributed by atoms with Crippen molar-refractivity contribution in [1.29, 1.82) is 0 Å². The molecule has 2 aromatic heterocycles. The van der Waals surface area contributed by atoms with Gasteiger partial charge in [-0.1, -0.05) is 6.07 Å². The standard InChI is InChI=1S/C10H9N2/c1-2-8-12(9-3-1)10-4-6-11-7-5-10/h1-9H/q+1. The van der Waals surface area contributed by atoms with Crippen LogP contribution in [0.3, 0.4) is 0 Å². The van der Waals surface area contributed by atoms with Crippen molar-refractivity contribution >= 4 is 0 Å². The smallest absolute Gasteiger partial charge is 0.213 e. The highest BCUT2D eigenvalue weighted by molar-refractivity contribution is 5.17. The molecule has 0 bridgehead atoms. The molecule has 0 fully saturated rings. The van der Waals surface area contributed by atoms with Gasteiger partial charge in [0.15, 0.2) is 12.4 Å². The van der Waals surface area contributed by atoms with Crippen LogP contribution in [0.1, 0.15) is 0 Å². The number of aromatic nitrogens is 2. The van der Waals surface area contributed by atoms with Gasteiger partial charge in [0.25, 0.3) is 0 Å². The normalized spacial score (nSPS) is 9.67. The lowest BCUT2D eigenvalue weighted by atomic mass is 10.4. The highest BCUT2D eigenvalue weighted by Gasteiger charge is 2.00. The van der Waals surface area contributed by atoms with Crippen LogP contribution in [-0.2, 0) is 0 Å². The molecule has 0 saturated carbocycles. The van der Waals surface area contributed by atoms with Crippen LogP contribution in [0.4, 0.5) is 0 Å². The number of pyridine rings is 2. The van der Waals surface area contributed by atoms with E-state index >= 15 is 0 Å². The molecule has 2 nitrogen and oxygen atoms in total. The molecule has 0 unspecified atom stereocenters. The molecule has 0 aliphatic rings. The number of hydrogen-bond acceptors (Lipinski definition) is 1. The lowest BCUT2D eigenvalue weighted by Crippen LogP contribution is -2.28. The van der Waals surface area contributed by atoms with Crippen molar-refractivity contribution in [1.82, 2.24) is 4.98 Å². The molecule has 0 aliphatic carbocycles. The summed E-state index contributed by atoms with van der Waals surface area (Å²) in [7, 11) is 0. The molecule has 0 amide bonds. The molecule has 2 rings (SSSR count). The summed E-state index contributed by atoms with van der Waals surface area (Å²) >= 11 is 0. The average Bonchev–Trinajstić information content (AvgIpc) is 2.21. The number of rotatable bonds is 1. The van der Waals surface area contributed by atoms with Crippen LogP contribution >= 0.6 is 0 Å². The number of hydrogen-bond donors (Lipinski definition) is 0. The monoisotopic (exact) mass is 157 g/mol. The van der Waals surface area contributed by atoms with Gasteiger partial charge >= 0.3 is 0 Å². The maximum absolute atomic E-state index is 3.96. The Hall–Kier alpha value is -1.70. The molecule has 0 aromatic carbocycles. The first-order chi connectivity index (χ1) is 5.97. The van der Waals surface area contributed by atoms with Gasteiger partial charge < -0.3 is 0 Å². The first kappa shape index (κ1) is 6.98. The Balaban J connectivity index is 2.46. The van der Waals surface area contributed by atoms with Crippen molar-refractivity contribution in [2.24, 2.45) is 0 Å². The number of nitrogens with zero attached hydrogens (tertiary/aromatic N) is 2. The summed E-state index contributed by atoms with van der Waals surface area (Å²) in [6.45, 7) is 0. The van der Waals surface area contributed by atoms with E-state index in [1.54, 1.807) is 12.4 Å². The Labute approximate surface area is 71.1 Å². The van der Waals surface area contributed by atoms with Gasteiger partial charge in [-0.3, -0.25) is 4.98 Å². The van der Waals surface area contributed by atoms with Gasteiger partial charge in [0, 0.05) is 36.7 Å². The van der Waals surface area contributed by atoms with Crippen LogP contribution < -0.4 is 4.57 Å². The van der Waals surface area contributed by atoms with Gasteiger partial charge in [0.1, 0.15) is 0 Å². The summed E-state index contributed by atoms with van der Waals surface area (Å²) in [5.41, 5.74) is 1.13. The third-order valence-electron chi connectivity index (χ3n) is 1.68. The Morgan fingerprint density at radius 1 is 0.917 bits per heavy atom. The third-order valence-corrected chi connectivity index (χ3v) is 1.68. The van der Waals surface area contributed by atoms with Crippen LogP contribution in [0.5, 0.6) is 0 Å². The first-order valence-corrected chi connectivity index (χ1v) is 3.83. The second-order valence-electron chi connectivity index (χ2n) is 2.49. The van der Waals surface area contributed by atoms with Crippen LogP contribution in [0.25, 0.3) is 5.69 Å². The van der Waals surface area contributed by atoms with E-state index in [-0.39, 0.29) is 0 Å². The zero-order chi connectivity index (χ0) is 8.23. The summed E-state index contributed by atoms with van der Waals surface area (Å²) in [5.74, 6) is 0. The topological polar surface area (TPSA) is 16.8 Å². The van der Waals surface area contributed by atoms with Crippen LogP contribution in [-0.4, -0.2) is 4.98 Å². The SMILES string of the molecule is c1cc[n+](-c2ccncc2)cc1. The molecule has 0 aliphatic heterocycles. The summed E-state index contributed by atoms with van der Waals surface area (Å²) in [6.07, 6.45) is 7.59. The zero-order valence-corrected chi connectivity index (χ0v) is 6.59. The van der Waals surface area contributed by atoms with E-state index in [0.717, 1.165) is 5.69 Å². The summed E-state index contributed by atoms with van der Waals surface area (Å²) in [5, 5.41) is 0. The molecule has 58 valence electrons. The molecule has 0 saturated heterocycles. The van der Waals surface area contributed by atoms with Gasteiger partial charge in [-0.2, -0.15) is 4.57 Å². The van der Waals surface area contributed by atoms with E-state index in [0.29, 0.717) is 0 Å². The molecule has 0 spiro atoms. The molecule has 0 N–H and O–H groups in total. The van der Waals surface area contributed by atoms with Gasteiger partial charge in [0.05, 0.1) is 0 Å². The van der Waals surface area contributed by atoms with E-state index in [1.807, 2.05) is 47.3 Å². The molecule has 0 radical (unpaired) electrons. The molecule has 0 atom stereocenters. The van der Waals surface area contributed by atoms with Gasteiger partial charge in [0.2, 0.25) is 5.69 Å². The van der Waals surface area contributed by atoms with Gasteiger partial charge in [-0.05, 0) is 0 Å². The fraction of sp³-hybridized carbons (Fsp3) is 0. The summed E-state index contributed by atoms with van der Waals surface area (Å²) < 4.78 is 2.04. The van der Waals surface area contributed by atoms with Crippen molar-refractivity contribution in [2.45, 2.75) is 0 Å². The fourth-order valence-corrected chi connectivity index (χ4v) is 1.09. The summed E-state index contributed by atoms with van der Waals surface area (Å²) in [6, 6.07) is 9.94. The minimum Gasteiger partial charge on any atom is -0.264 e. The Morgan fingerprint density at radius 3 is 2.25 bits per heavy atom. The predicted molar refractivity (Wildman–Crippen MR) is 45.8 cm³/mol. The van der Waals surface area contributed by atoms with E-state index in [1.165, 1.54) is 0 Å². The Bertz CT molecular complexity index is 305. The van der Waals surface area contributed by atoms with Crippen LogP contribution in [0.2, 0.25) is 0 Å². The van der Waals surface area contributed by atoms with E-state index in [4.69, 9.17) is 0 Å². The second kappa shape index (κ2) is 3.13. The van der Waals surface area contributed by atoms with E-state index in [2.05, 4.69) is 4.98 Å². The minimum absolute atomic E-state index is 1.13. The third kappa shape index (κ3) is 1.32. The lowest BCUT2D eigenvalue weighted by Gasteiger charge is -1.91. The van der Waals surface area contributed by atoms with E-state index in [9.17, 15) is 0 Å². The zero-order valence-electron chi connectivity index (χ0n) is 6.59. The van der Waals surface area contributed by atoms with Crippen molar-refractivity contribution < 1.29 is 4.57 Å². The van der Waals surface area contributed by atoms with E-state index < -0.39 is 0 Å².